The molecular formula is C22H38O4. The SMILES string of the molecule is CCCCCC(C=C(C)C(=O)O)CCCCC(C=C(C)C(=O)O)CCC. The molecule has 0 aromatic carbocycles. The van der Waals surface area contributed by atoms with Crippen LogP contribution in [0.25, 0.3) is 0 Å². The van der Waals surface area contributed by atoms with Gasteiger partial charge < -0.3 is 10.2 Å². The van der Waals surface area contributed by atoms with Crippen LogP contribution in [0, 0.1) is 11.8 Å². The summed E-state index contributed by atoms with van der Waals surface area (Å²) < 4.78 is 0. The van der Waals surface area contributed by atoms with Gasteiger partial charge in [0.05, 0.1) is 0 Å². The molecule has 26 heavy (non-hydrogen) atoms. The van der Waals surface area contributed by atoms with Crippen molar-refractivity contribution in [1.82, 2.24) is 0 Å². The number of allylic oxidation sites excluding steroid dienone is 2. The van der Waals surface area contributed by atoms with Crippen molar-refractivity contribution >= 4 is 11.9 Å². The third-order valence-electron chi connectivity index (χ3n) is 4.88. The Morgan fingerprint density at radius 1 is 0.692 bits per heavy atom. The third-order valence-corrected chi connectivity index (χ3v) is 4.88. The Morgan fingerprint density at radius 2 is 1.08 bits per heavy atom. The first-order valence-corrected chi connectivity index (χ1v) is 10.1. The van der Waals surface area contributed by atoms with Crippen LogP contribution in [0.1, 0.15) is 91.9 Å². The smallest absolute Gasteiger partial charge is 0.330 e. The Labute approximate surface area is 159 Å². The van der Waals surface area contributed by atoms with Gasteiger partial charge in [-0.05, 0) is 51.4 Å². The van der Waals surface area contributed by atoms with Crippen LogP contribution in [-0.4, -0.2) is 22.2 Å². The van der Waals surface area contributed by atoms with E-state index < -0.39 is 11.9 Å². The van der Waals surface area contributed by atoms with E-state index >= 15 is 0 Å². The lowest BCUT2D eigenvalue weighted by Crippen LogP contribution is -2.05. The molecule has 0 fully saturated rings. The van der Waals surface area contributed by atoms with Crippen LogP contribution >= 0.6 is 0 Å². The lowest BCUT2D eigenvalue weighted by molar-refractivity contribution is -0.133. The van der Waals surface area contributed by atoms with Gasteiger partial charge in [0.2, 0.25) is 0 Å². The molecule has 0 radical (unpaired) electrons. The van der Waals surface area contributed by atoms with Gasteiger partial charge in [0.25, 0.3) is 0 Å². The number of carboxylic acids is 2. The van der Waals surface area contributed by atoms with Crippen LogP contribution in [0.2, 0.25) is 0 Å². The summed E-state index contributed by atoms with van der Waals surface area (Å²) in [5, 5.41) is 18.2. The second-order valence-corrected chi connectivity index (χ2v) is 7.40. The van der Waals surface area contributed by atoms with Crippen LogP contribution in [0.5, 0.6) is 0 Å². The molecule has 4 nitrogen and oxygen atoms in total. The molecule has 0 amide bonds. The van der Waals surface area contributed by atoms with Crippen LogP contribution in [0.4, 0.5) is 0 Å². The molecule has 0 aliphatic carbocycles. The Bertz CT molecular complexity index is 477. The lowest BCUT2D eigenvalue weighted by atomic mass is 9.90. The van der Waals surface area contributed by atoms with Gasteiger partial charge in [0.15, 0.2) is 0 Å². The van der Waals surface area contributed by atoms with Crippen LogP contribution in [-0.2, 0) is 9.59 Å². The average Bonchev–Trinajstić information content (AvgIpc) is 2.58. The van der Waals surface area contributed by atoms with E-state index in [1.165, 1.54) is 12.8 Å². The summed E-state index contributed by atoms with van der Waals surface area (Å²) in [5.74, 6) is -1.01. The number of hydrogen-bond donors (Lipinski definition) is 2. The van der Waals surface area contributed by atoms with E-state index in [2.05, 4.69) is 13.8 Å². The maximum atomic E-state index is 11.1. The molecule has 0 aromatic heterocycles. The van der Waals surface area contributed by atoms with Crippen molar-refractivity contribution in [3.05, 3.63) is 23.3 Å². The molecule has 0 bridgehead atoms. The fourth-order valence-electron chi connectivity index (χ4n) is 3.31. The van der Waals surface area contributed by atoms with Gasteiger partial charge in [-0.15, -0.1) is 0 Å². The highest BCUT2D eigenvalue weighted by atomic mass is 16.4. The predicted molar refractivity (Wildman–Crippen MR) is 107 cm³/mol. The summed E-state index contributed by atoms with van der Waals surface area (Å²) in [6.07, 6.45) is 14.6. The highest BCUT2D eigenvalue weighted by Gasteiger charge is 2.11. The Kier molecular flexibility index (Phi) is 13.7. The Balaban J connectivity index is 4.56. The van der Waals surface area contributed by atoms with Crippen molar-refractivity contribution in [3.63, 3.8) is 0 Å². The molecule has 0 saturated carbocycles. The highest BCUT2D eigenvalue weighted by Crippen LogP contribution is 2.23. The molecule has 2 N–H and O–H groups in total. The molecule has 0 rings (SSSR count). The molecule has 0 saturated heterocycles. The number of rotatable bonds is 15. The number of unbranched alkanes of at least 4 members (excludes halogenated alkanes) is 3. The molecule has 0 heterocycles. The van der Waals surface area contributed by atoms with Crippen molar-refractivity contribution in [2.24, 2.45) is 11.8 Å². The fourth-order valence-corrected chi connectivity index (χ4v) is 3.31. The van der Waals surface area contributed by atoms with Gasteiger partial charge in [0, 0.05) is 11.1 Å². The number of carboxylic acid groups (broad SMARTS) is 2. The largest absolute Gasteiger partial charge is 0.478 e. The molecular weight excluding hydrogens is 328 g/mol. The van der Waals surface area contributed by atoms with E-state index in [0.717, 1.165) is 51.4 Å². The maximum Gasteiger partial charge on any atom is 0.330 e. The van der Waals surface area contributed by atoms with Crippen LogP contribution < -0.4 is 0 Å². The van der Waals surface area contributed by atoms with Crippen molar-refractivity contribution in [2.45, 2.75) is 91.9 Å². The number of hydrogen-bond acceptors (Lipinski definition) is 2. The topological polar surface area (TPSA) is 74.6 Å². The second-order valence-electron chi connectivity index (χ2n) is 7.40. The molecule has 2 atom stereocenters. The Hall–Kier alpha value is -1.58. The fraction of sp³-hybridized carbons (Fsp3) is 0.727. The van der Waals surface area contributed by atoms with Gasteiger partial charge >= 0.3 is 11.9 Å². The van der Waals surface area contributed by atoms with Gasteiger partial charge in [-0.1, -0.05) is 64.5 Å². The predicted octanol–water partition coefficient (Wildman–Crippen LogP) is 6.22. The van der Waals surface area contributed by atoms with Gasteiger partial charge in [-0.3, -0.25) is 0 Å². The first-order valence-electron chi connectivity index (χ1n) is 10.1. The summed E-state index contributed by atoms with van der Waals surface area (Å²) in [5.41, 5.74) is 0.872. The van der Waals surface area contributed by atoms with Crippen LogP contribution in [0.15, 0.2) is 23.3 Å². The lowest BCUT2D eigenvalue weighted by Gasteiger charge is -2.16. The van der Waals surface area contributed by atoms with E-state index in [4.69, 9.17) is 10.2 Å². The monoisotopic (exact) mass is 366 g/mol. The highest BCUT2D eigenvalue weighted by molar-refractivity contribution is 5.86. The third kappa shape index (κ3) is 11.9. The van der Waals surface area contributed by atoms with Crippen molar-refractivity contribution in [2.75, 3.05) is 0 Å². The van der Waals surface area contributed by atoms with Crippen molar-refractivity contribution < 1.29 is 19.8 Å². The normalized spacial score (nSPS) is 14.9. The zero-order chi connectivity index (χ0) is 19.9. The zero-order valence-electron chi connectivity index (χ0n) is 17.1. The van der Waals surface area contributed by atoms with Crippen molar-refractivity contribution in [1.29, 1.82) is 0 Å². The van der Waals surface area contributed by atoms with E-state index in [0.29, 0.717) is 23.0 Å². The minimum absolute atomic E-state index is 0.325. The van der Waals surface area contributed by atoms with Gasteiger partial charge in [-0.25, -0.2) is 9.59 Å². The van der Waals surface area contributed by atoms with E-state index in [-0.39, 0.29) is 0 Å². The van der Waals surface area contributed by atoms with E-state index in [1.54, 1.807) is 13.8 Å². The standard InChI is InChI=1S/C22H38O4/c1-5-7-8-12-20(16-18(4)22(25)26)14-10-9-13-19(11-6-2)15-17(3)21(23)24/h15-16,19-20H,5-14H2,1-4H3,(H,23,24)(H,25,26). The molecule has 0 aliphatic rings. The van der Waals surface area contributed by atoms with E-state index in [9.17, 15) is 9.59 Å². The Morgan fingerprint density at radius 3 is 1.42 bits per heavy atom. The maximum absolute atomic E-state index is 11.1. The summed E-state index contributed by atoms with van der Waals surface area (Å²) in [6, 6.07) is 0. The molecule has 4 heteroatoms. The molecule has 0 spiro atoms. The number of carbonyl (C=O) groups is 2. The first-order chi connectivity index (χ1) is 12.3. The number of aliphatic carboxylic acids is 2. The van der Waals surface area contributed by atoms with Gasteiger partial charge in [-0.2, -0.15) is 0 Å². The summed E-state index contributed by atoms with van der Waals surface area (Å²) >= 11 is 0. The summed E-state index contributed by atoms with van der Waals surface area (Å²) in [6.45, 7) is 7.63. The average molecular weight is 367 g/mol. The van der Waals surface area contributed by atoms with Crippen molar-refractivity contribution in [3.8, 4) is 0 Å². The minimum Gasteiger partial charge on any atom is -0.478 e. The molecule has 2 unspecified atom stereocenters. The summed E-state index contributed by atoms with van der Waals surface area (Å²) in [4.78, 5) is 22.1. The summed E-state index contributed by atoms with van der Waals surface area (Å²) in [7, 11) is 0. The molecule has 150 valence electrons. The zero-order valence-corrected chi connectivity index (χ0v) is 17.1. The van der Waals surface area contributed by atoms with E-state index in [1.807, 2.05) is 12.2 Å². The van der Waals surface area contributed by atoms with Gasteiger partial charge in [0.1, 0.15) is 0 Å². The molecule has 0 aliphatic heterocycles. The molecule has 0 aromatic rings. The second kappa shape index (κ2) is 14.6. The quantitative estimate of drug-likeness (QED) is 0.266. The minimum atomic E-state index is -0.837. The van der Waals surface area contributed by atoms with Crippen LogP contribution in [0.3, 0.4) is 0 Å². The first kappa shape index (κ1) is 24.4.